The molecule has 1 saturated heterocycles. The Morgan fingerprint density at radius 2 is 2.29 bits per heavy atom. The summed E-state index contributed by atoms with van der Waals surface area (Å²) in [7, 11) is 1.63. The summed E-state index contributed by atoms with van der Waals surface area (Å²) in [6, 6.07) is 3.97. The molecule has 0 spiro atoms. The molecule has 24 heavy (non-hydrogen) atoms. The number of ether oxygens (including phenoxy) is 1. The van der Waals surface area contributed by atoms with E-state index < -0.39 is 0 Å². The van der Waals surface area contributed by atoms with Crippen LogP contribution in [-0.4, -0.2) is 51.3 Å². The molecule has 2 aliphatic rings. The summed E-state index contributed by atoms with van der Waals surface area (Å²) < 4.78 is 5.00. The van der Waals surface area contributed by atoms with Gasteiger partial charge >= 0.3 is 0 Å². The molecule has 0 aromatic heterocycles. The number of fused-ring (bicyclic) bond motifs is 1. The minimum atomic E-state index is -0.0448. The normalized spacial score (nSPS) is 19.1. The third-order valence-electron chi connectivity index (χ3n) is 4.66. The van der Waals surface area contributed by atoms with E-state index in [1.807, 2.05) is 25.1 Å². The Bertz CT molecular complexity index is 812. The van der Waals surface area contributed by atoms with Crippen molar-refractivity contribution in [2.45, 2.75) is 6.92 Å². The maximum atomic E-state index is 12.5. The fourth-order valence-electron chi connectivity index (χ4n) is 3.23. The van der Waals surface area contributed by atoms with Crippen molar-refractivity contribution >= 4 is 24.2 Å². The molecule has 0 saturated carbocycles. The highest BCUT2D eigenvalue weighted by atomic mass is 16.5. The first kappa shape index (κ1) is 16.9. The molecule has 5 heteroatoms. The number of nitrogens with zero attached hydrogens (tertiary/aromatic N) is 1. The van der Waals surface area contributed by atoms with Crippen LogP contribution in [0.1, 0.15) is 6.92 Å². The number of nitrogens with one attached hydrogen (secondary N) is 2. The molecule has 2 N–H and O–H groups in total. The van der Waals surface area contributed by atoms with Crippen molar-refractivity contribution in [1.82, 2.24) is 15.5 Å². The standard InChI is InChI=1S/C19H27N3O2/c1-3-16-17(19(23)21-7-9-24-2)5-4-15-6-8-22(13-18(15)16)12-14-10-20-11-14/h3-6,13-14,20-21,23H,7-12H2,1-2H3/p-1. The molecular weight excluding hydrogens is 302 g/mol. The molecule has 2 aliphatic heterocycles. The highest BCUT2D eigenvalue weighted by Gasteiger charge is 2.19. The van der Waals surface area contributed by atoms with E-state index in [0.717, 1.165) is 47.8 Å². The summed E-state index contributed by atoms with van der Waals surface area (Å²) in [6.45, 7) is 7.24. The summed E-state index contributed by atoms with van der Waals surface area (Å²) >= 11 is 0. The van der Waals surface area contributed by atoms with Gasteiger partial charge in [-0.2, -0.15) is 0 Å². The second kappa shape index (κ2) is 7.73. The minimum absolute atomic E-state index is 0.0448. The third kappa shape index (κ3) is 3.57. The van der Waals surface area contributed by atoms with E-state index in [1.165, 1.54) is 5.22 Å². The molecule has 1 aromatic carbocycles. The Labute approximate surface area is 142 Å². The van der Waals surface area contributed by atoms with Crippen molar-refractivity contribution < 1.29 is 9.84 Å². The second-order valence-corrected chi connectivity index (χ2v) is 6.38. The predicted molar refractivity (Wildman–Crippen MR) is 95.2 cm³/mol. The molecule has 0 unspecified atom stereocenters. The number of benzene rings is 1. The smallest absolute Gasteiger partial charge is 0.0634 e. The molecule has 0 bridgehead atoms. The van der Waals surface area contributed by atoms with E-state index >= 15 is 0 Å². The van der Waals surface area contributed by atoms with Gasteiger partial charge in [0.05, 0.1) is 6.61 Å². The summed E-state index contributed by atoms with van der Waals surface area (Å²) in [5.41, 5.74) is 0. The fraction of sp³-hybridized carbons (Fsp3) is 0.474. The lowest BCUT2D eigenvalue weighted by atomic mass is 10.0. The van der Waals surface area contributed by atoms with Crippen LogP contribution in [0.25, 0.3) is 24.2 Å². The van der Waals surface area contributed by atoms with Crippen LogP contribution >= 0.6 is 0 Å². The second-order valence-electron chi connectivity index (χ2n) is 6.38. The first-order chi connectivity index (χ1) is 11.7. The molecule has 0 radical (unpaired) electrons. The van der Waals surface area contributed by atoms with Crippen molar-refractivity contribution in [1.29, 1.82) is 0 Å². The Kier molecular flexibility index (Phi) is 5.43. The number of hydrogen-bond donors (Lipinski definition) is 2. The van der Waals surface area contributed by atoms with E-state index in [0.29, 0.717) is 13.2 Å². The maximum absolute atomic E-state index is 12.5. The first-order valence-electron chi connectivity index (χ1n) is 8.59. The molecule has 0 aliphatic carbocycles. The minimum Gasteiger partial charge on any atom is -0.860 e. The fourth-order valence-corrected chi connectivity index (χ4v) is 3.23. The van der Waals surface area contributed by atoms with Crippen molar-refractivity contribution in [3.8, 4) is 0 Å². The van der Waals surface area contributed by atoms with Gasteiger partial charge in [-0.3, -0.25) is 0 Å². The van der Waals surface area contributed by atoms with Crippen LogP contribution in [0.15, 0.2) is 12.1 Å². The zero-order valence-corrected chi connectivity index (χ0v) is 14.5. The van der Waals surface area contributed by atoms with Crippen LogP contribution in [0.2, 0.25) is 0 Å². The molecule has 2 heterocycles. The average Bonchev–Trinajstić information content (AvgIpc) is 2.57. The molecule has 0 amide bonds. The van der Waals surface area contributed by atoms with Gasteiger partial charge in [0.15, 0.2) is 0 Å². The van der Waals surface area contributed by atoms with Gasteiger partial charge in [-0.05, 0) is 28.5 Å². The van der Waals surface area contributed by atoms with Crippen LogP contribution in [-0.2, 0) is 4.74 Å². The first-order valence-corrected chi connectivity index (χ1v) is 8.59. The average molecular weight is 328 g/mol. The monoisotopic (exact) mass is 328 g/mol. The van der Waals surface area contributed by atoms with Crippen molar-refractivity contribution in [2.75, 3.05) is 46.4 Å². The topological polar surface area (TPSA) is 59.6 Å². The highest BCUT2D eigenvalue weighted by Crippen LogP contribution is 2.06. The van der Waals surface area contributed by atoms with Gasteiger partial charge in [0.25, 0.3) is 0 Å². The Hall–Kier alpha value is -1.98. The van der Waals surface area contributed by atoms with Crippen LogP contribution in [0.4, 0.5) is 0 Å². The van der Waals surface area contributed by atoms with Crippen LogP contribution in [0.3, 0.4) is 0 Å². The largest absolute Gasteiger partial charge is 0.860 e. The third-order valence-corrected chi connectivity index (χ3v) is 4.66. The summed E-state index contributed by atoms with van der Waals surface area (Å²) in [6.07, 6.45) is 6.50. The predicted octanol–water partition coefficient (Wildman–Crippen LogP) is -2.80. The number of methoxy groups -OCH3 is 1. The van der Waals surface area contributed by atoms with Gasteiger partial charge in [-0.25, -0.2) is 0 Å². The summed E-state index contributed by atoms with van der Waals surface area (Å²) in [5, 5.41) is 22.8. The molecule has 3 rings (SSSR count). The van der Waals surface area contributed by atoms with Crippen LogP contribution in [0.5, 0.6) is 0 Å². The summed E-state index contributed by atoms with van der Waals surface area (Å²) in [4.78, 5) is 2.35. The molecule has 1 fully saturated rings. The zero-order chi connectivity index (χ0) is 16.9. The Morgan fingerprint density at radius 1 is 1.46 bits per heavy atom. The molecular formula is C19H26N3O2-. The summed E-state index contributed by atoms with van der Waals surface area (Å²) in [5.74, 6) is 0.683. The quantitative estimate of drug-likeness (QED) is 0.553. The zero-order valence-electron chi connectivity index (χ0n) is 14.5. The van der Waals surface area contributed by atoms with E-state index in [4.69, 9.17) is 4.74 Å². The lowest BCUT2D eigenvalue weighted by Crippen LogP contribution is -2.55. The van der Waals surface area contributed by atoms with E-state index in [9.17, 15) is 5.11 Å². The van der Waals surface area contributed by atoms with Gasteiger partial charge in [-0.15, -0.1) is 0 Å². The van der Waals surface area contributed by atoms with E-state index in [1.54, 1.807) is 7.11 Å². The lowest BCUT2D eigenvalue weighted by Gasteiger charge is -2.33. The van der Waals surface area contributed by atoms with E-state index in [2.05, 4.69) is 27.8 Å². The van der Waals surface area contributed by atoms with Crippen molar-refractivity contribution in [2.24, 2.45) is 5.92 Å². The number of hydrogen-bond acceptors (Lipinski definition) is 5. The van der Waals surface area contributed by atoms with E-state index in [-0.39, 0.29) is 5.88 Å². The Balaban J connectivity index is 1.99. The molecule has 130 valence electrons. The van der Waals surface area contributed by atoms with Gasteiger partial charge in [0, 0.05) is 57.2 Å². The molecule has 1 aromatic rings. The highest BCUT2D eigenvalue weighted by molar-refractivity contribution is 5.44. The van der Waals surface area contributed by atoms with Crippen molar-refractivity contribution in [3.05, 3.63) is 33.0 Å². The van der Waals surface area contributed by atoms with Gasteiger partial charge in [0.1, 0.15) is 0 Å². The molecule has 5 nitrogen and oxygen atoms in total. The van der Waals surface area contributed by atoms with Gasteiger partial charge < -0.3 is 25.4 Å². The van der Waals surface area contributed by atoms with Crippen LogP contribution in [0, 0.1) is 5.92 Å². The van der Waals surface area contributed by atoms with Crippen molar-refractivity contribution in [3.63, 3.8) is 0 Å². The SMILES string of the molecule is CC=c1c(=C([O-])NCCOC)ccc2c1=CN(CC1CNC1)CC=2. The lowest BCUT2D eigenvalue weighted by molar-refractivity contribution is -0.256. The number of rotatable bonds is 6. The maximum Gasteiger partial charge on any atom is 0.0634 e. The van der Waals surface area contributed by atoms with Gasteiger partial charge in [-0.1, -0.05) is 24.3 Å². The Morgan fingerprint density at radius 3 is 2.96 bits per heavy atom. The molecule has 0 atom stereocenters. The van der Waals surface area contributed by atoms with Gasteiger partial charge in [0.2, 0.25) is 0 Å². The van der Waals surface area contributed by atoms with Crippen LogP contribution < -0.4 is 36.6 Å².